The lowest BCUT2D eigenvalue weighted by atomic mass is 10.3. The second-order valence-electron chi connectivity index (χ2n) is 3.18. The molecule has 1 aromatic heterocycles. The Bertz CT molecular complexity index is 231. The Morgan fingerprint density at radius 1 is 1.50 bits per heavy atom. The standard InChI is InChI=1S/C9H13N3/c1-2-8(1)11-6-4-9-3-5-10-7-12-9/h3,5,7-8,11H,1-2,4,6H2. The normalized spacial score (nSPS) is 16.3. The van der Waals surface area contributed by atoms with Crippen molar-refractivity contribution in [1.82, 2.24) is 15.3 Å². The third-order valence-corrected chi connectivity index (χ3v) is 2.03. The molecule has 0 amide bonds. The van der Waals surface area contributed by atoms with Crippen molar-refractivity contribution in [3.63, 3.8) is 0 Å². The van der Waals surface area contributed by atoms with Gasteiger partial charge in [-0.2, -0.15) is 0 Å². The van der Waals surface area contributed by atoms with E-state index in [4.69, 9.17) is 0 Å². The molecule has 0 spiro atoms. The zero-order valence-electron chi connectivity index (χ0n) is 7.03. The summed E-state index contributed by atoms with van der Waals surface area (Å²) < 4.78 is 0. The molecule has 2 rings (SSSR count). The van der Waals surface area contributed by atoms with Gasteiger partial charge >= 0.3 is 0 Å². The van der Waals surface area contributed by atoms with Crippen molar-refractivity contribution in [2.75, 3.05) is 6.54 Å². The highest BCUT2D eigenvalue weighted by atomic mass is 14.9. The minimum atomic E-state index is 0.798. The Morgan fingerprint density at radius 3 is 3.08 bits per heavy atom. The summed E-state index contributed by atoms with van der Waals surface area (Å²) in [4.78, 5) is 8.01. The monoisotopic (exact) mass is 163 g/mol. The zero-order valence-corrected chi connectivity index (χ0v) is 7.03. The lowest BCUT2D eigenvalue weighted by Crippen LogP contribution is -2.19. The molecular formula is C9H13N3. The molecule has 0 aliphatic heterocycles. The molecule has 0 unspecified atom stereocenters. The van der Waals surface area contributed by atoms with Gasteiger partial charge in [-0.15, -0.1) is 0 Å². The van der Waals surface area contributed by atoms with Crippen LogP contribution < -0.4 is 5.32 Å². The third kappa shape index (κ3) is 2.27. The van der Waals surface area contributed by atoms with E-state index in [1.54, 1.807) is 12.5 Å². The average molecular weight is 163 g/mol. The van der Waals surface area contributed by atoms with Gasteiger partial charge in [0.15, 0.2) is 0 Å². The van der Waals surface area contributed by atoms with Crippen LogP contribution in [0.2, 0.25) is 0 Å². The highest BCUT2D eigenvalue weighted by molar-refractivity contribution is 4.98. The van der Waals surface area contributed by atoms with Crippen molar-refractivity contribution >= 4 is 0 Å². The van der Waals surface area contributed by atoms with Crippen molar-refractivity contribution in [3.05, 3.63) is 24.3 Å². The Balaban J connectivity index is 1.72. The molecule has 0 atom stereocenters. The second-order valence-corrected chi connectivity index (χ2v) is 3.18. The second kappa shape index (κ2) is 3.63. The van der Waals surface area contributed by atoms with Crippen molar-refractivity contribution < 1.29 is 0 Å². The molecule has 0 saturated heterocycles. The molecule has 1 heterocycles. The predicted molar refractivity (Wildman–Crippen MR) is 46.8 cm³/mol. The summed E-state index contributed by atoms with van der Waals surface area (Å²) in [6.45, 7) is 1.04. The van der Waals surface area contributed by atoms with Gasteiger partial charge in [-0.1, -0.05) is 0 Å². The van der Waals surface area contributed by atoms with E-state index in [0.29, 0.717) is 0 Å². The van der Waals surface area contributed by atoms with Gasteiger partial charge in [-0.05, 0) is 18.9 Å². The van der Waals surface area contributed by atoms with Gasteiger partial charge in [0.1, 0.15) is 6.33 Å². The summed E-state index contributed by atoms with van der Waals surface area (Å²) in [5.74, 6) is 0. The fourth-order valence-corrected chi connectivity index (χ4v) is 1.16. The molecule has 12 heavy (non-hydrogen) atoms. The minimum Gasteiger partial charge on any atom is -0.314 e. The van der Waals surface area contributed by atoms with Crippen LogP contribution in [0.25, 0.3) is 0 Å². The van der Waals surface area contributed by atoms with Gasteiger partial charge in [-0.3, -0.25) is 0 Å². The maximum absolute atomic E-state index is 4.14. The van der Waals surface area contributed by atoms with E-state index in [0.717, 1.165) is 24.7 Å². The van der Waals surface area contributed by atoms with Crippen LogP contribution in [0.3, 0.4) is 0 Å². The van der Waals surface area contributed by atoms with E-state index in [9.17, 15) is 0 Å². The number of hydrogen-bond acceptors (Lipinski definition) is 3. The Morgan fingerprint density at radius 2 is 2.42 bits per heavy atom. The SMILES string of the molecule is c1cc(CCNC2CC2)ncn1. The first-order chi connectivity index (χ1) is 5.95. The smallest absolute Gasteiger partial charge is 0.115 e. The topological polar surface area (TPSA) is 37.8 Å². The highest BCUT2D eigenvalue weighted by Crippen LogP contribution is 2.18. The van der Waals surface area contributed by atoms with Crippen LogP contribution in [0.5, 0.6) is 0 Å². The summed E-state index contributed by atoms with van der Waals surface area (Å²) in [5, 5.41) is 3.44. The molecule has 1 fully saturated rings. The van der Waals surface area contributed by atoms with Crippen LogP contribution in [0.1, 0.15) is 18.5 Å². The van der Waals surface area contributed by atoms with E-state index < -0.39 is 0 Å². The van der Waals surface area contributed by atoms with Crippen LogP contribution in [0.15, 0.2) is 18.6 Å². The molecule has 0 aromatic carbocycles. The quantitative estimate of drug-likeness (QED) is 0.712. The van der Waals surface area contributed by atoms with Gasteiger partial charge in [0.05, 0.1) is 0 Å². The average Bonchev–Trinajstić information content (AvgIpc) is 2.90. The fourth-order valence-electron chi connectivity index (χ4n) is 1.16. The van der Waals surface area contributed by atoms with Crippen molar-refractivity contribution in [2.24, 2.45) is 0 Å². The molecule has 0 bridgehead atoms. The number of rotatable bonds is 4. The Kier molecular flexibility index (Phi) is 2.32. The van der Waals surface area contributed by atoms with E-state index in [-0.39, 0.29) is 0 Å². The first kappa shape index (κ1) is 7.68. The molecule has 1 aromatic rings. The van der Waals surface area contributed by atoms with Crippen LogP contribution in [0.4, 0.5) is 0 Å². The van der Waals surface area contributed by atoms with Crippen molar-refractivity contribution in [2.45, 2.75) is 25.3 Å². The summed E-state index contributed by atoms with van der Waals surface area (Å²) in [7, 11) is 0. The van der Waals surface area contributed by atoms with Gasteiger partial charge in [0.25, 0.3) is 0 Å². The lowest BCUT2D eigenvalue weighted by molar-refractivity contribution is 0.674. The molecule has 3 heteroatoms. The maximum atomic E-state index is 4.14. The van der Waals surface area contributed by atoms with E-state index in [1.807, 2.05) is 6.07 Å². The van der Waals surface area contributed by atoms with E-state index >= 15 is 0 Å². The maximum Gasteiger partial charge on any atom is 0.115 e. The minimum absolute atomic E-state index is 0.798. The number of hydrogen-bond donors (Lipinski definition) is 1. The van der Waals surface area contributed by atoms with Gasteiger partial charge in [0.2, 0.25) is 0 Å². The van der Waals surface area contributed by atoms with E-state index in [2.05, 4.69) is 15.3 Å². The van der Waals surface area contributed by atoms with Gasteiger partial charge < -0.3 is 5.32 Å². The first-order valence-electron chi connectivity index (χ1n) is 4.43. The van der Waals surface area contributed by atoms with Crippen LogP contribution in [0, 0.1) is 0 Å². The Labute approximate surface area is 72.2 Å². The Hall–Kier alpha value is -0.960. The summed E-state index contributed by atoms with van der Waals surface area (Å²) >= 11 is 0. The predicted octanol–water partition coefficient (Wildman–Crippen LogP) is 0.771. The van der Waals surface area contributed by atoms with E-state index in [1.165, 1.54) is 12.8 Å². The van der Waals surface area contributed by atoms with Gasteiger partial charge in [-0.25, -0.2) is 9.97 Å². The van der Waals surface area contributed by atoms with Crippen LogP contribution >= 0.6 is 0 Å². The molecule has 1 N–H and O–H groups in total. The lowest BCUT2D eigenvalue weighted by Gasteiger charge is -2.00. The summed E-state index contributed by atoms with van der Waals surface area (Å²) in [6.07, 6.45) is 7.11. The van der Waals surface area contributed by atoms with Crippen molar-refractivity contribution in [3.8, 4) is 0 Å². The van der Waals surface area contributed by atoms with Crippen LogP contribution in [-0.2, 0) is 6.42 Å². The molecule has 3 nitrogen and oxygen atoms in total. The number of nitrogens with one attached hydrogen (secondary N) is 1. The van der Waals surface area contributed by atoms with Crippen molar-refractivity contribution in [1.29, 1.82) is 0 Å². The molecular weight excluding hydrogens is 150 g/mol. The molecule has 0 radical (unpaired) electrons. The van der Waals surface area contributed by atoms with Gasteiger partial charge in [0, 0.05) is 30.9 Å². The number of aromatic nitrogens is 2. The molecule has 1 aliphatic carbocycles. The number of nitrogens with zero attached hydrogens (tertiary/aromatic N) is 2. The zero-order chi connectivity index (χ0) is 8.23. The highest BCUT2D eigenvalue weighted by Gasteiger charge is 2.19. The molecule has 64 valence electrons. The first-order valence-corrected chi connectivity index (χ1v) is 4.43. The fraction of sp³-hybridized carbons (Fsp3) is 0.556. The molecule has 1 aliphatic rings. The third-order valence-electron chi connectivity index (χ3n) is 2.03. The summed E-state index contributed by atoms with van der Waals surface area (Å²) in [5.41, 5.74) is 1.12. The van der Waals surface area contributed by atoms with Crippen LogP contribution in [-0.4, -0.2) is 22.6 Å². The molecule has 1 saturated carbocycles. The summed E-state index contributed by atoms with van der Waals surface area (Å²) in [6, 6.07) is 2.76. The largest absolute Gasteiger partial charge is 0.314 e.